The number of rotatable bonds is 8. The first kappa shape index (κ1) is 28.1. The molecule has 0 aliphatic carbocycles. The van der Waals surface area contributed by atoms with Gasteiger partial charge in [-0.1, -0.05) is 24.1 Å². The average Bonchev–Trinajstić information content (AvgIpc) is 2.93. The van der Waals surface area contributed by atoms with E-state index in [-0.39, 0.29) is 18.4 Å². The summed E-state index contributed by atoms with van der Waals surface area (Å²) in [6, 6.07) is 17.0. The van der Waals surface area contributed by atoms with Gasteiger partial charge in [0, 0.05) is 35.3 Å². The number of aromatic nitrogens is 1. The zero-order valence-electron chi connectivity index (χ0n) is 23.0. The quantitative estimate of drug-likeness (QED) is 0.225. The number of likely N-dealkylation sites (tertiary alicyclic amines) is 1. The largest absolute Gasteiger partial charge is 0.486 e. The summed E-state index contributed by atoms with van der Waals surface area (Å²) in [5, 5.41) is 13.3. The minimum Gasteiger partial charge on any atom is -0.486 e. The third kappa shape index (κ3) is 6.39. The molecule has 3 aromatic rings. The number of piperidine rings is 1. The highest BCUT2D eigenvalue weighted by Gasteiger charge is 2.41. The van der Waals surface area contributed by atoms with Crippen molar-refractivity contribution >= 4 is 22.7 Å². The van der Waals surface area contributed by atoms with Crippen LogP contribution in [0.25, 0.3) is 10.9 Å². The van der Waals surface area contributed by atoms with Crippen LogP contribution in [0.1, 0.15) is 67.8 Å². The van der Waals surface area contributed by atoms with Crippen LogP contribution >= 0.6 is 0 Å². The Bertz CT molecular complexity index is 1390. The molecule has 2 amide bonds. The molecule has 204 valence electrons. The van der Waals surface area contributed by atoms with E-state index in [1.807, 2.05) is 58.0 Å². The molecule has 4 rings (SSSR count). The summed E-state index contributed by atoms with van der Waals surface area (Å²) >= 11 is 0. The van der Waals surface area contributed by atoms with E-state index in [0.717, 1.165) is 22.2 Å². The lowest BCUT2D eigenvalue weighted by Crippen LogP contribution is -2.59. The number of hydrogen-bond acceptors (Lipinski definition) is 6. The maximum Gasteiger partial charge on any atom is 0.251 e. The van der Waals surface area contributed by atoms with Gasteiger partial charge in [-0.15, -0.1) is 6.42 Å². The first-order valence-corrected chi connectivity index (χ1v) is 13.2. The molecule has 1 aliphatic heterocycles. The zero-order valence-corrected chi connectivity index (χ0v) is 23.0. The van der Waals surface area contributed by atoms with Gasteiger partial charge in [-0.25, -0.2) is 5.48 Å². The molecular weight excluding hydrogens is 492 g/mol. The lowest BCUT2D eigenvalue weighted by Gasteiger charge is -2.46. The Morgan fingerprint density at radius 2 is 1.85 bits per heavy atom. The van der Waals surface area contributed by atoms with Crippen molar-refractivity contribution in [2.45, 2.75) is 64.1 Å². The summed E-state index contributed by atoms with van der Waals surface area (Å²) in [7, 11) is 0. The van der Waals surface area contributed by atoms with E-state index in [2.05, 4.69) is 21.1 Å². The predicted molar refractivity (Wildman–Crippen MR) is 150 cm³/mol. The first-order valence-electron chi connectivity index (χ1n) is 13.2. The molecule has 1 saturated heterocycles. The molecule has 8 nitrogen and oxygen atoms in total. The molecule has 1 atom stereocenters. The number of carbonyl (C=O) groups is 2. The van der Waals surface area contributed by atoms with Gasteiger partial charge in [-0.2, -0.15) is 0 Å². The summed E-state index contributed by atoms with van der Waals surface area (Å²) in [4.78, 5) is 32.2. The molecule has 2 aromatic carbocycles. The maximum absolute atomic E-state index is 13.3. The van der Waals surface area contributed by atoms with Gasteiger partial charge in [-0.05, 0) is 76.9 Å². The number of fused-ring (bicyclic) bond motifs is 1. The van der Waals surface area contributed by atoms with E-state index in [0.29, 0.717) is 37.2 Å². The number of amides is 2. The SMILES string of the molecule is C#CC(C)(C)N1CCC(CC(=O)NO)(NC(=O)c2ccc(OC(C)c3cc(C)nc4ccccc34)cc2)CC1. The van der Waals surface area contributed by atoms with Crippen molar-refractivity contribution in [2.24, 2.45) is 0 Å². The summed E-state index contributed by atoms with van der Waals surface area (Å²) in [5.41, 5.74) is 3.82. The van der Waals surface area contributed by atoms with Crippen LogP contribution in [0.5, 0.6) is 5.75 Å². The Morgan fingerprint density at radius 1 is 1.18 bits per heavy atom. The first-order chi connectivity index (χ1) is 18.6. The number of nitrogens with one attached hydrogen (secondary N) is 2. The topological polar surface area (TPSA) is 104 Å². The molecular formula is C31H36N4O4. The zero-order chi connectivity index (χ0) is 28.2. The number of hydroxylamine groups is 1. The van der Waals surface area contributed by atoms with Crippen LogP contribution in [-0.4, -0.2) is 51.1 Å². The van der Waals surface area contributed by atoms with Crippen LogP contribution < -0.4 is 15.5 Å². The second-order valence-corrected chi connectivity index (χ2v) is 10.8. The van der Waals surface area contributed by atoms with Crippen LogP contribution in [-0.2, 0) is 4.79 Å². The van der Waals surface area contributed by atoms with Crippen LogP contribution in [0.15, 0.2) is 54.6 Å². The summed E-state index contributed by atoms with van der Waals surface area (Å²) < 4.78 is 6.23. The molecule has 8 heteroatoms. The summed E-state index contributed by atoms with van der Waals surface area (Å²) in [6.45, 7) is 9.14. The maximum atomic E-state index is 13.3. The molecule has 39 heavy (non-hydrogen) atoms. The average molecular weight is 529 g/mol. The fourth-order valence-electron chi connectivity index (χ4n) is 5.22. The minimum absolute atomic E-state index is 0.0302. The van der Waals surface area contributed by atoms with E-state index in [1.54, 1.807) is 29.7 Å². The van der Waals surface area contributed by atoms with Gasteiger partial charge in [0.05, 0.1) is 23.0 Å². The molecule has 0 radical (unpaired) electrons. The fraction of sp³-hybridized carbons (Fsp3) is 0.387. The Labute approximate surface area is 229 Å². The number of pyridine rings is 1. The number of para-hydroxylation sites is 1. The molecule has 1 fully saturated rings. The molecule has 1 unspecified atom stereocenters. The normalized spacial score (nSPS) is 16.2. The van der Waals surface area contributed by atoms with Crippen molar-refractivity contribution in [1.82, 2.24) is 20.7 Å². The standard InChI is InChI=1S/C31H36N4O4/c1-6-30(4,5)35-17-15-31(16-18-35,20-28(36)34-38)33-29(37)23-11-13-24(14-12-23)39-22(3)26-19-21(2)32-27-10-8-7-9-25(26)27/h1,7-14,19,22,38H,15-18,20H2,2-5H3,(H,33,37)(H,34,36). The van der Waals surface area contributed by atoms with Gasteiger partial charge in [0.15, 0.2) is 0 Å². The number of carbonyl (C=O) groups excluding carboxylic acids is 2. The fourth-order valence-corrected chi connectivity index (χ4v) is 5.22. The molecule has 2 heterocycles. The van der Waals surface area contributed by atoms with Crippen molar-refractivity contribution in [3.05, 3.63) is 71.4 Å². The minimum atomic E-state index is -0.797. The second kappa shape index (κ2) is 11.4. The highest BCUT2D eigenvalue weighted by Crippen LogP contribution is 2.31. The highest BCUT2D eigenvalue weighted by molar-refractivity contribution is 5.95. The molecule has 1 aromatic heterocycles. The number of ether oxygens (including phenoxy) is 1. The Balaban J connectivity index is 1.46. The molecule has 0 spiro atoms. The predicted octanol–water partition coefficient (Wildman–Crippen LogP) is 4.55. The molecule has 3 N–H and O–H groups in total. The lowest BCUT2D eigenvalue weighted by atomic mass is 9.82. The second-order valence-electron chi connectivity index (χ2n) is 10.8. The van der Waals surface area contributed by atoms with Gasteiger partial charge in [-0.3, -0.25) is 24.7 Å². The number of benzene rings is 2. The number of terminal acetylenes is 1. The number of aryl methyl sites for hydroxylation is 1. The summed E-state index contributed by atoms with van der Waals surface area (Å²) in [6.07, 6.45) is 6.49. The lowest BCUT2D eigenvalue weighted by molar-refractivity contribution is -0.131. The highest BCUT2D eigenvalue weighted by atomic mass is 16.5. The Hall–Kier alpha value is -3.93. The van der Waals surface area contributed by atoms with Crippen molar-refractivity contribution in [1.29, 1.82) is 0 Å². The smallest absolute Gasteiger partial charge is 0.251 e. The number of nitrogens with zero attached hydrogens (tertiary/aromatic N) is 2. The summed E-state index contributed by atoms with van der Waals surface area (Å²) in [5.74, 6) is 2.60. The van der Waals surface area contributed by atoms with Crippen LogP contribution in [0.2, 0.25) is 0 Å². The van der Waals surface area contributed by atoms with Crippen LogP contribution in [0.3, 0.4) is 0 Å². The van der Waals surface area contributed by atoms with Gasteiger partial charge in [0.2, 0.25) is 5.91 Å². The van der Waals surface area contributed by atoms with E-state index < -0.39 is 17.0 Å². The molecule has 1 aliphatic rings. The number of hydrogen-bond donors (Lipinski definition) is 3. The third-order valence-electron chi connectivity index (χ3n) is 7.61. The van der Waals surface area contributed by atoms with Gasteiger partial charge >= 0.3 is 0 Å². The van der Waals surface area contributed by atoms with Gasteiger partial charge in [0.25, 0.3) is 5.91 Å². The molecule has 0 saturated carbocycles. The van der Waals surface area contributed by atoms with Crippen LogP contribution in [0.4, 0.5) is 0 Å². The monoisotopic (exact) mass is 528 g/mol. The van der Waals surface area contributed by atoms with Crippen molar-refractivity contribution < 1.29 is 19.5 Å². The van der Waals surface area contributed by atoms with E-state index in [9.17, 15) is 9.59 Å². The van der Waals surface area contributed by atoms with E-state index in [4.69, 9.17) is 16.4 Å². The van der Waals surface area contributed by atoms with Gasteiger partial charge < -0.3 is 10.1 Å². The Kier molecular flexibility index (Phi) is 8.24. The van der Waals surface area contributed by atoms with E-state index >= 15 is 0 Å². The van der Waals surface area contributed by atoms with Crippen molar-refractivity contribution in [3.8, 4) is 18.1 Å². The molecule has 0 bridgehead atoms. The van der Waals surface area contributed by atoms with E-state index in [1.165, 1.54) is 0 Å². The Morgan fingerprint density at radius 3 is 2.49 bits per heavy atom. The van der Waals surface area contributed by atoms with Gasteiger partial charge in [0.1, 0.15) is 11.9 Å². The van der Waals surface area contributed by atoms with Crippen molar-refractivity contribution in [3.63, 3.8) is 0 Å². The van der Waals surface area contributed by atoms with Crippen molar-refractivity contribution in [2.75, 3.05) is 13.1 Å². The third-order valence-corrected chi connectivity index (χ3v) is 7.61. The van der Waals surface area contributed by atoms with Crippen LogP contribution in [0, 0.1) is 19.3 Å².